The molecule has 0 spiro atoms. The molecule has 0 saturated carbocycles. The van der Waals surface area contributed by atoms with Gasteiger partial charge in [0.2, 0.25) is 5.91 Å². The SMILES string of the molecule is CCCC(C)(C)NC(=O)C1(N)CCOC1. The lowest BCUT2D eigenvalue weighted by atomic mass is 9.94. The first kappa shape index (κ1) is 12.5. The zero-order chi connectivity index (χ0) is 11.5. The van der Waals surface area contributed by atoms with Crippen LogP contribution in [0.25, 0.3) is 0 Å². The molecule has 1 atom stereocenters. The Morgan fingerprint density at radius 2 is 2.27 bits per heavy atom. The van der Waals surface area contributed by atoms with Crippen LogP contribution in [0, 0.1) is 0 Å². The quantitative estimate of drug-likeness (QED) is 0.727. The Morgan fingerprint density at radius 1 is 1.60 bits per heavy atom. The van der Waals surface area contributed by atoms with E-state index in [9.17, 15) is 4.79 Å². The van der Waals surface area contributed by atoms with Crippen molar-refractivity contribution < 1.29 is 9.53 Å². The average Bonchev–Trinajstić information content (AvgIpc) is 2.52. The van der Waals surface area contributed by atoms with E-state index in [4.69, 9.17) is 10.5 Å². The number of amides is 1. The summed E-state index contributed by atoms with van der Waals surface area (Å²) >= 11 is 0. The largest absolute Gasteiger partial charge is 0.379 e. The lowest BCUT2D eigenvalue weighted by Gasteiger charge is -2.30. The molecule has 88 valence electrons. The van der Waals surface area contributed by atoms with E-state index in [2.05, 4.69) is 12.2 Å². The van der Waals surface area contributed by atoms with Crippen LogP contribution in [0.1, 0.15) is 40.0 Å². The van der Waals surface area contributed by atoms with Crippen molar-refractivity contribution in [3.63, 3.8) is 0 Å². The summed E-state index contributed by atoms with van der Waals surface area (Å²) in [5, 5.41) is 3.00. The van der Waals surface area contributed by atoms with Gasteiger partial charge in [0, 0.05) is 12.1 Å². The number of carbonyl (C=O) groups excluding carboxylic acids is 1. The third-order valence-electron chi connectivity index (χ3n) is 2.83. The molecule has 1 aliphatic heterocycles. The summed E-state index contributed by atoms with van der Waals surface area (Å²) in [6.07, 6.45) is 2.61. The van der Waals surface area contributed by atoms with Crippen molar-refractivity contribution in [3.05, 3.63) is 0 Å². The van der Waals surface area contributed by atoms with Gasteiger partial charge in [0.25, 0.3) is 0 Å². The van der Waals surface area contributed by atoms with Crippen molar-refractivity contribution >= 4 is 5.91 Å². The van der Waals surface area contributed by atoms with Crippen LogP contribution in [0.5, 0.6) is 0 Å². The van der Waals surface area contributed by atoms with E-state index in [1.807, 2.05) is 13.8 Å². The van der Waals surface area contributed by atoms with Crippen LogP contribution in [-0.4, -0.2) is 30.2 Å². The van der Waals surface area contributed by atoms with Crippen molar-refractivity contribution in [2.45, 2.75) is 51.1 Å². The Morgan fingerprint density at radius 3 is 2.73 bits per heavy atom. The maximum atomic E-state index is 11.9. The Balaban J connectivity index is 2.54. The summed E-state index contributed by atoms with van der Waals surface area (Å²) < 4.78 is 5.17. The van der Waals surface area contributed by atoms with E-state index >= 15 is 0 Å². The summed E-state index contributed by atoms with van der Waals surface area (Å²) in [5.74, 6) is -0.0848. The maximum Gasteiger partial charge on any atom is 0.242 e. The number of hydrogen-bond acceptors (Lipinski definition) is 3. The van der Waals surface area contributed by atoms with Gasteiger partial charge >= 0.3 is 0 Å². The van der Waals surface area contributed by atoms with Gasteiger partial charge in [-0.3, -0.25) is 4.79 Å². The van der Waals surface area contributed by atoms with Gasteiger partial charge in [0.05, 0.1) is 6.61 Å². The number of nitrogens with two attached hydrogens (primary N) is 1. The Labute approximate surface area is 91.5 Å². The van der Waals surface area contributed by atoms with Crippen LogP contribution >= 0.6 is 0 Å². The van der Waals surface area contributed by atoms with Gasteiger partial charge in [-0.15, -0.1) is 0 Å². The highest BCUT2D eigenvalue weighted by molar-refractivity contribution is 5.87. The summed E-state index contributed by atoms with van der Waals surface area (Å²) in [7, 11) is 0. The normalized spacial score (nSPS) is 26.7. The van der Waals surface area contributed by atoms with Gasteiger partial charge in [-0.1, -0.05) is 13.3 Å². The lowest BCUT2D eigenvalue weighted by molar-refractivity contribution is -0.128. The molecule has 0 aromatic rings. The zero-order valence-corrected chi connectivity index (χ0v) is 9.93. The number of ether oxygens (including phenoxy) is 1. The second-order valence-electron chi connectivity index (χ2n) is 5.05. The van der Waals surface area contributed by atoms with E-state index in [0.717, 1.165) is 12.8 Å². The molecule has 4 heteroatoms. The molecule has 0 aliphatic carbocycles. The maximum absolute atomic E-state index is 11.9. The van der Waals surface area contributed by atoms with Crippen LogP contribution in [0.2, 0.25) is 0 Å². The predicted octanol–water partition coefficient (Wildman–Crippen LogP) is 0.799. The second kappa shape index (κ2) is 4.49. The molecule has 4 nitrogen and oxygen atoms in total. The molecule has 0 aromatic carbocycles. The van der Waals surface area contributed by atoms with E-state index in [-0.39, 0.29) is 11.4 Å². The van der Waals surface area contributed by atoms with Crippen LogP contribution in [-0.2, 0) is 9.53 Å². The van der Waals surface area contributed by atoms with Crippen molar-refractivity contribution in [2.75, 3.05) is 13.2 Å². The third-order valence-corrected chi connectivity index (χ3v) is 2.83. The summed E-state index contributed by atoms with van der Waals surface area (Å²) in [6.45, 7) is 7.06. The van der Waals surface area contributed by atoms with Crippen LogP contribution in [0.3, 0.4) is 0 Å². The fourth-order valence-electron chi connectivity index (χ4n) is 1.88. The fourth-order valence-corrected chi connectivity index (χ4v) is 1.88. The summed E-state index contributed by atoms with van der Waals surface area (Å²) in [5.41, 5.74) is 4.97. The van der Waals surface area contributed by atoms with E-state index < -0.39 is 5.54 Å². The number of carbonyl (C=O) groups is 1. The number of hydrogen-bond donors (Lipinski definition) is 2. The molecule has 1 fully saturated rings. The molecule has 1 saturated heterocycles. The minimum absolute atomic E-state index is 0.0848. The Hall–Kier alpha value is -0.610. The molecule has 0 aromatic heterocycles. The van der Waals surface area contributed by atoms with Crippen molar-refractivity contribution in [1.82, 2.24) is 5.32 Å². The first-order chi connectivity index (χ1) is 6.90. The van der Waals surface area contributed by atoms with Crippen LogP contribution in [0.4, 0.5) is 0 Å². The molecule has 3 N–H and O–H groups in total. The Kier molecular flexibility index (Phi) is 3.73. The van der Waals surface area contributed by atoms with E-state index in [0.29, 0.717) is 19.6 Å². The molecule has 15 heavy (non-hydrogen) atoms. The molecule has 1 heterocycles. The zero-order valence-electron chi connectivity index (χ0n) is 9.93. The topological polar surface area (TPSA) is 64.4 Å². The van der Waals surface area contributed by atoms with Crippen molar-refractivity contribution in [3.8, 4) is 0 Å². The van der Waals surface area contributed by atoms with Gasteiger partial charge in [0.1, 0.15) is 5.54 Å². The highest BCUT2D eigenvalue weighted by Gasteiger charge is 2.40. The van der Waals surface area contributed by atoms with Crippen LogP contribution in [0.15, 0.2) is 0 Å². The standard InChI is InChI=1S/C11H22N2O2/c1-4-5-10(2,3)13-9(14)11(12)6-7-15-8-11/h4-8,12H2,1-3H3,(H,13,14). The first-order valence-corrected chi connectivity index (χ1v) is 5.59. The molecular formula is C11H22N2O2. The molecule has 0 bridgehead atoms. The monoisotopic (exact) mass is 214 g/mol. The number of rotatable bonds is 4. The van der Waals surface area contributed by atoms with Gasteiger partial charge < -0.3 is 15.8 Å². The van der Waals surface area contributed by atoms with Crippen LogP contribution < -0.4 is 11.1 Å². The summed E-state index contributed by atoms with van der Waals surface area (Å²) in [6, 6.07) is 0. The van der Waals surface area contributed by atoms with Gasteiger partial charge in [0.15, 0.2) is 0 Å². The molecule has 1 unspecified atom stereocenters. The highest BCUT2D eigenvalue weighted by Crippen LogP contribution is 2.18. The van der Waals surface area contributed by atoms with Crippen molar-refractivity contribution in [2.24, 2.45) is 5.73 Å². The minimum Gasteiger partial charge on any atom is -0.379 e. The van der Waals surface area contributed by atoms with Crippen molar-refractivity contribution in [1.29, 1.82) is 0 Å². The third kappa shape index (κ3) is 3.18. The predicted molar refractivity (Wildman–Crippen MR) is 59.5 cm³/mol. The summed E-state index contributed by atoms with van der Waals surface area (Å²) in [4.78, 5) is 11.9. The lowest BCUT2D eigenvalue weighted by Crippen LogP contribution is -2.59. The second-order valence-corrected chi connectivity index (χ2v) is 5.05. The van der Waals surface area contributed by atoms with E-state index in [1.54, 1.807) is 0 Å². The minimum atomic E-state index is -0.814. The molecular weight excluding hydrogens is 192 g/mol. The van der Waals surface area contributed by atoms with Gasteiger partial charge in [-0.25, -0.2) is 0 Å². The van der Waals surface area contributed by atoms with Gasteiger partial charge in [-0.05, 0) is 26.7 Å². The first-order valence-electron chi connectivity index (χ1n) is 5.59. The van der Waals surface area contributed by atoms with E-state index in [1.165, 1.54) is 0 Å². The number of nitrogens with one attached hydrogen (secondary N) is 1. The average molecular weight is 214 g/mol. The highest BCUT2D eigenvalue weighted by atomic mass is 16.5. The Bertz CT molecular complexity index is 233. The fraction of sp³-hybridized carbons (Fsp3) is 0.909. The molecule has 1 aliphatic rings. The molecule has 1 rings (SSSR count). The smallest absolute Gasteiger partial charge is 0.242 e. The van der Waals surface area contributed by atoms with Gasteiger partial charge in [-0.2, -0.15) is 0 Å². The molecule has 0 radical (unpaired) electrons. The molecule has 1 amide bonds.